The number of nitrogens with two attached hydrogens (primary N) is 1. The van der Waals surface area contributed by atoms with E-state index in [1.807, 2.05) is 0 Å². The number of aromatic nitrogens is 4. The summed E-state index contributed by atoms with van der Waals surface area (Å²) in [7, 11) is 1.67. The summed E-state index contributed by atoms with van der Waals surface area (Å²) in [5, 5.41) is 6.58. The van der Waals surface area contributed by atoms with Gasteiger partial charge < -0.3 is 5.73 Å². The Morgan fingerprint density at radius 3 is 2.54 bits per heavy atom. The first-order valence-electron chi connectivity index (χ1n) is 10.9. The van der Waals surface area contributed by atoms with Crippen LogP contribution in [0, 0.1) is 0 Å². The molecule has 5 rings (SSSR count). The molecule has 4 aromatic rings. The van der Waals surface area contributed by atoms with Gasteiger partial charge in [-0.3, -0.25) is 19.3 Å². The van der Waals surface area contributed by atoms with Gasteiger partial charge in [0.15, 0.2) is 0 Å². The topological polar surface area (TPSA) is 110 Å². The van der Waals surface area contributed by atoms with E-state index in [9.17, 15) is 31.5 Å². The Morgan fingerprint density at radius 1 is 1.16 bits per heavy atom. The molecule has 192 valence electrons. The highest BCUT2D eigenvalue weighted by molar-refractivity contribution is 6.10. The summed E-state index contributed by atoms with van der Waals surface area (Å²) in [6, 6.07) is 6.16. The molecule has 1 aliphatic rings. The minimum atomic E-state index is -4.63. The number of aryl methyl sites for hydroxylation is 1. The van der Waals surface area contributed by atoms with Crippen molar-refractivity contribution < 1.29 is 31.5 Å². The third kappa shape index (κ3) is 4.17. The number of alkyl halides is 5. The molecule has 0 radical (unpaired) electrons. The highest BCUT2D eigenvalue weighted by Crippen LogP contribution is 2.33. The number of hydrazine groups is 1. The van der Waals surface area contributed by atoms with Crippen LogP contribution in [-0.4, -0.2) is 54.0 Å². The summed E-state index contributed by atoms with van der Waals surface area (Å²) < 4.78 is 68.4. The smallest absolute Gasteiger partial charge is 0.383 e. The van der Waals surface area contributed by atoms with E-state index in [1.165, 1.54) is 24.4 Å². The maximum absolute atomic E-state index is 14.1. The van der Waals surface area contributed by atoms with E-state index in [4.69, 9.17) is 5.73 Å². The lowest BCUT2D eigenvalue weighted by Gasteiger charge is -2.31. The Kier molecular flexibility index (Phi) is 5.49. The number of hydrogen-bond donors (Lipinski definition) is 1. The summed E-state index contributed by atoms with van der Waals surface area (Å²) in [6.07, 6.45) is -3.36. The number of amides is 2. The predicted molar refractivity (Wildman–Crippen MR) is 121 cm³/mol. The maximum atomic E-state index is 14.1. The van der Waals surface area contributed by atoms with Gasteiger partial charge in [0.25, 0.3) is 5.91 Å². The molecule has 14 heteroatoms. The SMILES string of the molecule is Cn1ncc2c(N)nc3ccc(C(=O)N(Cc4ccc(C(F)(F)F)cn4)N4CCC(F)(F)C4=O)cc3c21. The molecule has 2 N–H and O–H groups in total. The van der Waals surface area contributed by atoms with Crippen LogP contribution >= 0.6 is 0 Å². The largest absolute Gasteiger partial charge is 0.417 e. The molecule has 0 bridgehead atoms. The Balaban J connectivity index is 1.56. The second-order valence-corrected chi connectivity index (χ2v) is 8.54. The van der Waals surface area contributed by atoms with E-state index >= 15 is 0 Å². The predicted octanol–water partition coefficient (Wildman–Crippen LogP) is 3.54. The zero-order valence-electron chi connectivity index (χ0n) is 19.1. The molecule has 0 unspecified atom stereocenters. The second-order valence-electron chi connectivity index (χ2n) is 8.54. The number of halogens is 5. The lowest BCUT2D eigenvalue weighted by atomic mass is 10.1. The van der Waals surface area contributed by atoms with Gasteiger partial charge in [0.05, 0.1) is 40.4 Å². The van der Waals surface area contributed by atoms with Gasteiger partial charge in [-0.25, -0.2) is 15.0 Å². The maximum Gasteiger partial charge on any atom is 0.417 e. The highest BCUT2D eigenvalue weighted by Gasteiger charge is 2.51. The van der Waals surface area contributed by atoms with Crippen LogP contribution in [0.4, 0.5) is 27.8 Å². The van der Waals surface area contributed by atoms with Gasteiger partial charge in [-0.1, -0.05) is 0 Å². The van der Waals surface area contributed by atoms with Crippen molar-refractivity contribution in [3.05, 3.63) is 59.5 Å². The first kappa shape index (κ1) is 24.3. The fraction of sp³-hybridized carbons (Fsp3) is 0.261. The van der Waals surface area contributed by atoms with Gasteiger partial charge in [-0.15, -0.1) is 0 Å². The van der Waals surface area contributed by atoms with Crippen molar-refractivity contribution in [3.8, 4) is 0 Å². The van der Waals surface area contributed by atoms with Gasteiger partial charge in [-0.2, -0.15) is 27.1 Å². The molecule has 1 saturated heterocycles. The van der Waals surface area contributed by atoms with Crippen LogP contribution in [0.2, 0.25) is 0 Å². The molecule has 0 aliphatic carbocycles. The van der Waals surface area contributed by atoms with E-state index in [0.717, 1.165) is 17.1 Å². The van der Waals surface area contributed by atoms with Crippen LogP contribution < -0.4 is 5.73 Å². The Bertz CT molecular complexity index is 1550. The van der Waals surface area contributed by atoms with Gasteiger partial charge in [0, 0.05) is 37.2 Å². The monoisotopic (exact) mass is 519 g/mol. The molecule has 0 spiro atoms. The van der Waals surface area contributed by atoms with Crippen LogP contribution in [0.3, 0.4) is 0 Å². The standard InChI is InChI=1S/C23H18F5N7O2/c1-33-18-15-8-12(2-5-17(15)32-19(29)16(18)10-31-33)20(36)35(34-7-6-22(24,25)21(34)37)11-14-4-3-13(9-30-14)23(26,27)28/h2-5,8-10H,6-7,11H2,1H3,(H2,29,32). The van der Waals surface area contributed by atoms with E-state index in [2.05, 4.69) is 15.1 Å². The number of benzene rings is 1. The summed E-state index contributed by atoms with van der Waals surface area (Å²) >= 11 is 0. The fourth-order valence-electron chi connectivity index (χ4n) is 4.22. The minimum Gasteiger partial charge on any atom is -0.383 e. The van der Waals surface area contributed by atoms with E-state index in [-0.39, 0.29) is 17.1 Å². The van der Waals surface area contributed by atoms with Crippen LogP contribution in [0.15, 0.2) is 42.7 Å². The van der Waals surface area contributed by atoms with Crippen molar-refractivity contribution in [3.63, 3.8) is 0 Å². The molecule has 4 heterocycles. The van der Waals surface area contributed by atoms with Crippen molar-refractivity contribution >= 4 is 39.4 Å². The molecule has 1 fully saturated rings. The second kappa shape index (κ2) is 8.35. The average molecular weight is 519 g/mol. The first-order chi connectivity index (χ1) is 17.4. The number of anilines is 1. The van der Waals surface area contributed by atoms with Gasteiger partial charge >= 0.3 is 18.0 Å². The lowest BCUT2D eigenvalue weighted by molar-refractivity contribution is -0.158. The zero-order chi connectivity index (χ0) is 26.7. The number of carbonyl (C=O) groups excluding carboxylic acids is 2. The van der Waals surface area contributed by atoms with Crippen molar-refractivity contribution in [2.45, 2.75) is 25.1 Å². The van der Waals surface area contributed by atoms with E-state index < -0.39 is 49.0 Å². The number of carbonyl (C=O) groups is 2. The lowest BCUT2D eigenvalue weighted by Crippen LogP contribution is -2.49. The molecule has 3 aromatic heterocycles. The Morgan fingerprint density at radius 2 is 1.92 bits per heavy atom. The molecule has 0 atom stereocenters. The van der Waals surface area contributed by atoms with Crippen LogP contribution in [0.5, 0.6) is 0 Å². The number of pyridine rings is 2. The summed E-state index contributed by atoms with van der Waals surface area (Å²) in [5.74, 6) is -5.87. The Labute approximate surface area is 205 Å². The van der Waals surface area contributed by atoms with Crippen molar-refractivity contribution in [1.82, 2.24) is 29.8 Å². The average Bonchev–Trinajstić information content (AvgIpc) is 3.36. The number of nitrogens with zero attached hydrogens (tertiary/aromatic N) is 6. The molecule has 37 heavy (non-hydrogen) atoms. The van der Waals surface area contributed by atoms with Gasteiger partial charge in [0.1, 0.15) is 5.82 Å². The normalized spacial score (nSPS) is 15.6. The van der Waals surface area contributed by atoms with Crippen LogP contribution in [-0.2, 0) is 24.6 Å². The molecular formula is C23H18F5N7O2. The first-order valence-corrected chi connectivity index (χ1v) is 10.9. The van der Waals surface area contributed by atoms with E-state index in [0.29, 0.717) is 33.0 Å². The molecule has 1 aromatic carbocycles. The van der Waals surface area contributed by atoms with Crippen molar-refractivity contribution in [1.29, 1.82) is 0 Å². The molecular weight excluding hydrogens is 501 g/mol. The number of fused-ring (bicyclic) bond motifs is 3. The quantitative estimate of drug-likeness (QED) is 0.413. The molecule has 0 saturated carbocycles. The molecule has 1 aliphatic heterocycles. The molecule has 9 nitrogen and oxygen atoms in total. The summed E-state index contributed by atoms with van der Waals surface area (Å²) in [6.45, 7) is -0.978. The van der Waals surface area contributed by atoms with Gasteiger partial charge in [-0.05, 0) is 30.3 Å². The van der Waals surface area contributed by atoms with E-state index in [1.54, 1.807) is 11.7 Å². The summed E-state index contributed by atoms with van der Waals surface area (Å²) in [4.78, 5) is 34.0. The zero-order valence-corrected chi connectivity index (χ0v) is 19.1. The Hall–Kier alpha value is -4.36. The third-order valence-corrected chi connectivity index (χ3v) is 6.13. The number of rotatable bonds is 4. The van der Waals surface area contributed by atoms with Crippen LogP contribution in [0.1, 0.15) is 28.0 Å². The minimum absolute atomic E-state index is 0.0245. The number of hydrogen-bond acceptors (Lipinski definition) is 6. The van der Waals surface area contributed by atoms with Crippen molar-refractivity contribution in [2.24, 2.45) is 7.05 Å². The fourth-order valence-corrected chi connectivity index (χ4v) is 4.22. The van der Waals surface area contributed by atoms with Crippen LogP contribution in [0.25, 0.3) is 21.8 Å². The van der Waals surface area contributed by atoms with Gasteiger partial charge in [0.2, 0.25) is 0 Å². The van der Waals surface area contributed by atoms with Crippen molar-refractivity contribution in [2.75, 3.05) is 12.3 Å². The summed E-state index contributed by atoms with van der Waals surface area (Å²) in [5.41, 5.74) is 6.00. The third-order valence-electron chi connectivity index (χ3n) is 6.13. The number of nitrogen functional groups attached to an aromatic ring is 1. The molecule has 2 amide bonds. The highest BCUT2D eigenvalue weighted by atomic mass is 19.4.